The molecule has 7 nitrogen and oxygen atoms in total. The number of hydrogen-bond acceptors (Lipinski definition) is 4. The first-order valence-corrected chi connectivity index (χ1v) is 7.97. The minimum absolute atomic E-state index is 0.310. The number of amides is 1. The van der Waals surface area contributed by atoms with Crippen LogP contribution in [-0.4, -0.2) is 66.5 Å². The van der Waals surface area contributed by atoms with Gasteiger partial charge in [-0.2, -0.15) is 4.31 Å². The number of carbonyl (C=O) groups excluding carboxylic acids is 1. The molecule has 0 radical (unpaired) electrons. The first-order valence-electron chi connectivity index (χ1n) is 6.12. The summed E-state index contributed by atoms with van der Waals surface area (Å²) in [5.74, 6) is -1.57. The molecular formula is C11H20N2O5S. The molecule has 0 aromatic rings. The van der Waals surface area contributed by atoms with Crippen LogP contribution in [0.5, 0.6) is 0 Å². The third kappa shape index (κ3) is 3.66. The van der Waals surface area contributed by atoms with Gasteiger partial charge >= 0.3 is 5.97 Å². The standard InChI is InChI=1S/C11H20N2O5S/c1-8(11(15)16)12(2)10(14)9-6-4-5-7-13(9)19(3,17)18/h8-9H,4-7H2,1-3H3,(H,15,16). The molecular weight excluding hydrogens is 272 g/mol. The Morgan fingerprint density at radius 2 is 1.95 bits per heavy atom. The lowest BCUT2D eigenvalue weighted by atomic mass is 10.0. The number of rotatable bonds is 4. The van der Waals surface area contributed by atoms with Crippen LogP contribution in [0.1, 0.15) is 26.2 Å². The van der Waals surface area contributed by atoms with Gasteiger partial charge in [-0.15, -0.1) is 0 Å². The molecule has 1 heterocycles. The number of carboxylic acid groups (broad SMARTS) is 1. The summed E-state index contributed by atoms with van der Waals surface area (Å²) >= 11 is 0. The summed E-state index contributed by atoms with van der Waals surface area (Å²) in [7, 11) is -2.08. The lowest BCUT2D eigenvalue weighted by molar-refractivity contribution is -0.150. The van der Waals surface area contributed by atoms with E-state index in [1.807, 2.05) is 0 Å². The zero-order valence-electron chi connectivity index (χ0n) is 11.4. The maximum absolute atomic E-state index is 12.3. The number of piperidine rings is 1. The Bertz CT molecular complexity index is 462. The molecule has 19 heavy (non-hydrogen) atoms. The largest absolute Gasteiger partial charge is 0.480 e. The molecule has 1 amide bonds. The van der Waals surface area contributed by atoms with Gasteiger partial charge in [0.1, 0.15) is 12.1 Å². The van der Waals surface area contributed by atoms with Gasteiger partial charge in [-0.25, -0.2) is 13.2 Å². The van der Waals surface area contributed by atoms with Crippen LogP contribution in [0.3, 0.4) is 0 Å². The fourth-order valence-corrected chi connectivity index (χ4v) is 3.26. The topological polar surface area (TPSA) is 95.0 Å². The Morgan fingerprint density at radius 1 is 1.37 bits per heavy atom. The van der Waals surface area contributed by atoms with E-state index in [2.05, 4.69) is 0 Å². The smallest absolute Gasteiger partial charge is 0.326 e. The fourth-order valence-electron chi connectivity index (χ4n) is 2.14. The SMILES string of the molecule is CC(C(=O)O)N(C)C(=O)C1CCCCN1S(C)(=O)=O. The highest BCUT2D eigenvalue weighted by molar-refractivity contribution is 7.88. The van der Waals surface area contributed by atoms with Gasteiger partial charge in [-0.05, 0) is 19.8 Å². The van der Waals surface area contributed by atoms with Crippen LogP contribution in [0.15, 0.2) is 0 Å². The van der Waals surface area contributed by atoms with Gasteiger partial charge in [0.2, 0.25) is 15.9 Å². The number of aliphatic carboxylic acids is 1. The fraction of sp³-hybridized carbons (Fsp3) is 0.818. The van der Waals surface area contributed by atoms with Gasteiger partial charge in [-0.1, -0.05) is 6.42 Å². The molecule has 0 aliphatic carbocycles. The molecule has 0 bridgehead atoms. The highest BCUT2D eigenvalue weighted by atomic mass is 32.2. The first kappa shape index (κ1) is 15.9. The highest BCUT2D eigenvalue weighted by Gasteiger charge is 2.37. The maximum Gasteiger partial charge on any atom is 0.326 e. The van der Waals surface area contributed by atoms with Crippen molar-refractivity contribution in [2.24, 2.45) is 0 Å². The quantitative estimate of drug-likeness (QED) is 0.769. The maximum atomic E-state index is 12.3. The average Bonchev–Trinajstić information content (AvgIpc) is 2.35. The van der Waals surface area contributed by atoms with E-state index in [0.29, 0.717) is 13.0 Å². The third-order valence-corrected chi connectivity index (χ3v) is 4.74. The minimum Gasteiger partial charge on any atom is -0.480 e. The summed E-state index contributed by atoms with van der Waals surface area (Å²) in [6.45, 7) is 1.71. The molecule has 1 aliphatic rings. The van der Waals surface area contributed by atoms with Gasteiger partial charge in [-0.3, -0.25) is 4.79 Å². The van der Waals surface area contributed by atoms with Crippen molar-refractivity contribution in [3.63, 3.8) is 0 Å². The van der Waals surface area contributed by atoms with Crippen LogP contribution < -0.4 is 0 Å². The molecule has 2 unspecified atom stereocenters. The molecule has 1 saturated heterocycles. The second-order valence-electron chi connectivity index (χ2n) is 4.85. The Balaban J connectivity index is 2.92. The molecule has 1 fully saturated rings. The number of carbonyl (C=O) groups is 2. The Hall–Kier alpha value is -1.15. The van der Waals surface area contributed by atoms with Crippen LogP contribution >= 0.6 is 0 Å². The molecule has 1 aliphatic heterocycles. The third-order valence-electron chi connectivity index (χ3n) is 3.45. The van der Waals surface area contributed by atoms with Gasteiger partial charge in [0.15, 0.2) is 0 Å². The monoisotopic (exact) mass is 292 g/mol. The van der Waals surface area contributed by atoms with E-state index in [9.17, 15) is 18.0 Å². The van der Waals surface area contributed by atoms with Gasteiger partial charge < -0.3 is 10.0 Å². The minimum atomic E-state index is -3.46. The average molecular weight is 292 g/mol. The Morgan fingerprint density at radius 3 is 2.42 bits per heavy atom. The summed E-state index contributed by atoms with van der Waals surface area (Å²) in [5.41, 5.74) is 0. The summed E-state index contributed by atoms with van der Waals surface area (Å²) < 4.78 is 24.5. The van der Waals surface area contributed by atoms with Crippen LogP contribution in [-0.2, 0) is 19.6 Å². The van der Waals surface area contributed by atoms with Crippen molar-refractivity contribution >= 4 is 21.9 Å². The van der Waals surface area contributed by atoms with E-state index in [0.717, 1.165) is 24.0 Å². The van der Waals surface area contributed by atoms with Crippen molar-refractivity contribution in [1.29, 1.82) is 0 Å². The molecule has 8 heteroatoms. The van der Waals surface area contributed by atoms with E-state index in [1.165, 1.54) is 18.3 Å². The zero-order chi connectivity index (χ0) is 14.8. The zero-order valence-corrected chi connectivity index (χ0v) is 12.2. The molecule has 1 N–H and O–H groups in total. The number of likely N-dealkylation sites (N-methyl/N-ethyl adjacent to an activating group) is 1. The highest BCUT2D eigenvalue weighted by Crippen LogP contribution is 2.21. The van der Waals surface area contributed by atoms with Crippen molar-refractivity contribution in [2.45, 2.75) is 38.3 Å². The summed E-state index contributed by atoms with van der Waals surface area (Å²) in [6.07, 6.45) is 2.98. The summed E-state index contributed by atoms with van der Waals surface area (Å²) in [5, 5.41) is 8.90. The Kier molecular flexibility index (Phi) is 4.92. The summed E-state index contributed by atoms with van der Waals surface area (Å²) in [4.78, 5) is 24.2. The second-order valence-corrected chi connectivity index (χ2v) is 6.78. The number of hydrogen-bond donors (Lipinski definition) is 1. The van der Waals surface area contributed by atoms with Gasteiger partial charge in [0.05, 0.1) is 6.26 Å². The Labute approximate surface area is 113 Å². The van der Waals surface area contributed by atoms with E-state index < -0.39 is 34.0 Å². The molecule has 110 valence electrons. The number of nitrogens with zero attached hydrogens (tertiary/aromatic N) is 2. The van der Waals surface area contributed by atoms with Crippen LogP contribution in [0, 0.1) is 0 Å². The van der Waals surface area contributed by atoms with Crippen molar-refractivity contribution in [2.75, 3.05) is 19.8 Å². The predicted octanol–water partition coefficient (Wildman–Crippen LogP) is -0.268. The lowest BCUT2D eigenvalue weighted by Crippen LogP contribution is -2.54. The second kappa shape index (κ2) is 5.87. The predicted molar refractivity (Wildman–Crippen MR) is 69.1 cm³/mol. The van der Waals surface area contributed by atoms with E-state index in [1.54, 1.807) is 0 Å². The van der Waals surface area contributed by atoms with Crippen LogP contribution in [0.25, 0.3) is 0 Å². The molecule has 0 spiro atoms. The van der Waals surface area contributed by atoms with E-state index in [-0.39, 0.29) is 0 Å². The molecule has 2 atom stereocenters. The van der Waals surface area contributed by atoms with Gasteiger partial charge in [0, 0.05) is 13.6 Å². The van der Waals surface area contributed by atoms with Crippen LogP contribution in [0.4, 0.5) is 0 Å². The molecule has 1 rings (SSSR count). The van der Waals surface area contributed by atoms with Crippen molar-refractivity contribution in [1.82, 2.24) is 9.21 Å². The van der Waals surface area contributed by atoms with Crippen molar-refractivity contribution in [3.05, 3.63) is 0 Å². The number of carboxylic acids is 1. The summed E-state index contributed by atoms with van der Waals surface area (Å²) in [6, 6.07) is -1.76. The molecule has 0 aromatic carbocycles. The molecule has 0 saturated carbocycles. The van der Waals surface area contributed by atoms with Crippen molar-refractivity contribution < 1.29 is 23.1 Å². The van der Waals surface area contributed by atoms with Crippen molar-refractivity contribution in [3.8, 4) is 0 Å². The van der Waals surface area contributed by atoms with Gasteiger partial charge in [0.25, 0.3) is 0 Å². The van der Waals surface area contributed by atoms with E-state index >= 15 is 0 Å². The normalized spacial score (nSPS) is 22.8. The number of sulfonamides is 1. The first-order chi connectivity index (χ1) is 8.66. The van der Waals surface area contributed by atoms with E-state index in [4.69, 9.17) is 5.11 Å². The molecule has 0 aromatic heterocycles. The van der Waals surface area contributed by atoms with Crippen LogP contribution in [0.2, 0.25) is 0 Å². The lowest BCUT2D eigenvalue weighted by Gasteiger charge is -2.35.